The van der Waals surface area contributed by atoms with Crippen molar-refractivity contribution in [2.75, 3.05) is 0 Å². The summed E-state index contributed by atoms with van der Waals surface area (Å²) in [6.45, 7) is 3.00. The molecule has 0 aliphatic carbocycles. The van der Waals surface area contributed by atoms with Crippen molar-refractivity contribution in [1.29, 1.82) is 0 Å². The van der Waals surface area contributed by atoms with Crippen LogP contribution in [0.4, 0.5) is 4.39 Å². The Morgan fingerprint density at radius 2 is 2.09 bits per heavy atom. The molecule has 2 aromatic carbocycles. The molecular weight excluding hydrogens is 297 g/mol. The molecule has 0 aliphatic rings. The summed E-state index contributed by atoms with van der Waals surface area (Å²) in [5.41, 5.74) is 2.04. The average Bonchev–Trinajstić information content (AvgIpc) is 2.90. The molecule has 0 aliphatic heterocycles. The zero-order chi connectivity index (χ0) is 16.4. The molecule has 1 heterocycles. The number of nitrogens with zero attached hydrogens (tertiary/aromatic N) is 1. The highest BCUT2D eigenvalue weighted by Gasteiger charge is 2.12. The molecule has 1 N–H and O–H groups in total. The van der Waals surface area contributed by atoms with Crippen LogP contribution in [0.1, 0.15) is 22.8 Å². The third kappa shape index (κ3) is 3.04. The van der Waals surface area contributed by atoms with Gasteiger partial charge in [0.05, 0.1) is 5.56 Å². The number of benzene rings is 2. The summed E-state index contributed by atoms with van der Waals surface area (Å²) in [7, 11) is 0. The zero-order valence-electron chi connectivity index (χ0n) is 12.6. The fourth-order valence-corrected chi connectivity index (χ4v) is 2.60. The van der Waals surface area contributed by atoms with Gasteiger partial charge < -0.3 is 14.4 Å². The zero-order valence-corrected chi connectivity index (χ0v) is 12.6. The van der Waals surface area contributed by atoms with Gasteiger partial charge in [-0.25, -0.2) is 9.18 Å². The van der Waals surface area contributed by atoms with Crippen molar-refractivity contribution in [3.63, 3.8) is 0 Å². The smallest absolute Gasteiger partial charge is 0.335 e. The molecule has 3 rings (SSSR count). The van der Waals surface area contributed by atoms with E-state index in [1.807, 2.05) is 17.7 Å². The quantitative estimate of drug-likeness (QED) is 0.772. The lowest BCUT2D eigenvalue weighted by Gasteiger charge is -2.05. The molecule has 4 nitrogen and oxygen atoms in total. The maximum absolute atomic E-state index is 13.2. The molecule has 1 aromatic heterocycles. The molecule has 0 unspecified atom stereocenters. The SMILES string of the molecule is CCn1cc(COc2cccc(F)c2)c2ccc(C(=O)O)cc21. The largest absolute Gasteiger partial charge is 0.489 e. The number of hydrogen-bond donors (Lipinski definition) is 1. The third-order valence-corrected chi connectivity index (χ3v) is 3.74. The van der Waals surface area contributed by atoms with Gasteiger partial charge in [0.2, 0.25) is 0 Å². The van der Waals surface area contributed by atoms with E-state index in [9.17, 15) is 9.18 Å². The number of carboxylic acid groups (broad SMARTS) is 1. The first kappa shape index (κ1) is 15.1. The second-order valence-corrected chi connectivity index (χ2v) is 5.22. The van der Waals surface area contributed by atoms with Crippen LogP contribution >= 0.6 is 0 Å². The summed E-state index contributed by atoms with van der Waals surface area (Å²) in [4.78, 5) is 11.1. The Morgan fingerprint density at radius 1 is 1.26 bits per heavy atom. The third-order valence-electron chi connectivity index (χ3n) is 3.74. The number of carbonyl (C=O) groups is 1. The van der Waals surface area contributed by atoms with Gasteiger partial charge in [0.1, 0.15) is 18.2 Å². The number of aryl methyl sites for hydroxylation is 1. The lowest BCUT2D eigenvalue weighted by Crippen LogP contribution is -1.97. The predicted octanol–water partition coefficient (Wildman–Crippen LogP) is 4.08. The maximum Gasteiger partial charge on any atom is 0.335 e. The second-order valence-electron chi connectivity index (χ2n) is 5.22. The molecule has 23 heavy (non-hydrogen) atoms. The van der Waals surface area contributed by atoms with Crippen molar-refractivity contribution in [2.24, 2.45) is 0 Å². The minimum Gasteiger partial charge on any atom is -0.489 e. The van der Waals surface area contributed by atoms with Gasteiger partial charge >= 0.3 is 5.97 Å². The second kappa shape index (κ2) is 6.12. The number of aromatic nitrogens is 1. The van der Waals surface area contributed by atoms with Gasteiger partial charge in [0, 0.05) is 35.3 Å². The van der Waals surface area contributed by atoms with E-state index in [1.54, 1.807) is 30.3 Å². The molecule has 0 saturated heterocycles. The van der Waals surface area contributed by atoms with Crippen LogP contribution in [0.3, 0.4) is 0 Å². The number of carboxylic acids is 1. The Balaban J connectivity index is 1.93. The summed E-state index contributed by atoms with van der Waals surface area (Å²) < 4.78 is 20.8. The van der Waals surface area contributed by atoms with Crippen molar-refractivity contribution in [1.82, 2.24) is 4.57 Å². The van der Waals surface area contributed by atoms with Gasteiger partial charge in [0.15, 0.2) is 0 Å². The van der Waals surface area contributed by atoms with Crippen LogP contribution in [0.2, 0.25) is 0 Å². The molecule has 0 spiro atoms. The molecule has 0 bridgehead atoms. The highest BCUT2D eigenvalue weighted by molar-refractivity contribution is 5.94. The van der Waals surface area contributed by atoms with Crippen molar-refractivity contribution in [2.45, 2.75) is 20.1 Å². The van der Waals surface area contributed by atoms with Gasteiger partial charge in [-0.3, -0.25) is 0 Å². The van der Waals surface area contributed by atoms with E-state index in [0.717, 1.165) is 23.0 Å². The highest BCUT2D eigenvalue weighted by Crippen LogP contribution is 2.25. The molecule has 118 valence electrons. The van der Waals surface area contributed by atoms with Crippen LogP contribution in [0.5, 0.6) is 5.75 Å². The minimum atomic E-state index is -0.951. The maximum atomic E-state index is 13.2. The monoisotopic (exact) mass is 313 g/mol. The number of fused-ring (bicyclic) bond motifs is 1. The first-order chi connectivity index (χ1) is 11.1. The standard InChI is InChI=1S/C18H16FNO3/c1-2-20-10-13(11-23-15-5-3-4-14(19)9-15)16-7-6-12(18(21)22)8-17(16)20/h3-10H,2,11H2,1H3,(H,21,22). The number of ether oxygens (including phenoxy) is 1. The van der Waals surface area contributed by atoms with Gasteiger partial charge in [0.25, 0.3) is 0 Å². The van der Waals surface area contributed by atoms with Gasteiger partial charge in [-0.15, -0.1) is 0 Å². The molecule has 5 heteroatoms. The molecule has 0 fully saturated rings. The van der Waals surface area contributed by atoms with Crippen LogP contribution < -0.4 is 4.74 Å². The summed E-state index contributed by atoms with van der Waals surface area (Å²) >= 11 is 0. The Morgan fingerprint density at radius 3 is 2.78 bits per heavy atom. The van der Waals surface area contributed by atoms with Crippen LogP contribution in [0.25, 0.3) is 10.9 Å². The van der Waals surface area contributed by atoms with Gasteiger partial charge in [-0.1, -0.05) is 12.1 Å². The number of aromatic carboxylic acids is 1. The topological polar surface area (TPSA) is 51.5 Å². The van der Waals surface area contributed by atoms with Crippen molar-refractivity contribution in [3.05, 3.63) is 65.6 Å². The molecule has 0 radical (unpaired) electrons. The first-order valence-electron chi connectivity index (χ1n) is 7.32. The molecular formula is C18H16FNO3. The first-order valence-corrected chi connectivity index (χ1v) is 7.32. The molecule has 0 amide bonds. The predicted molar refractivity (Wildman–Crippen MR) is 85.3 cm³/mol. The van der Waals surface area contributed by atoms with Crippen molar-refractivity contribution < 1.29 is 19.0 Å². The van der Waals surface area contributed by atoms with Crippen LogP contribution in [0.15, 0.2) is 48.7 Å². The van der Waals surface area contributed by atoms with E-state index in [0.29, 0.717) is 12.4 Å². The molecule has 0 atom stereocenters. The summed E-state index contributed by atoms with van der Waals surface area (Å²) in [5, 5.41) is 10.1. The minimum absolute atomic E-state index is 0.253. The van der Waals surface area contributed by atoms with E-state index in [1.165, 1.54) is 12.1 Å². The highest BCUT2D eigenvalue weighted by atomic mass is 19.1. The van der Waals surface area contributed by atoms with Crippen molar-refractivity contribution in [3.8, 4) is 5.75 Å². The lowest BCUT2D eigenvalue weighted by molar-refractivity contribution is 0.0697. The number of rotatable bonds is 5. The normalized spacial score (nSPS) is 10.9. The number of hydrogen-bond acceptors (Lipinski definition) is 2. The van der Waals surface area contributed by atoms with Gasteiger partial charge in [-0.2, -0.15) is 0 Å². The Labute approximate surface area is 132 Å². The van der Waals surface area contributed by atoms with E-state index < -0.39 is 5.97 Å². The summed E-state index contributed by atoms with van der Waals surface area (Å²) in [6.07, 6.45) is 1.94. The molecule has 3 aromatic rings. The van der Waals surface area contributed by atoms with Crippen LogP contribution in [0, 0.1) is 5.82 Å². The fraction of sp³-hybridized carbons (Fsp3) is 0.167. The van der Waals surface area contributed by atoms with E-state index in [4.69, 9.17) is 9.84 Å². The number of halogens is 1. The van der Waals surface area contributed by atoms with Crippen molar-refractivity contribution >= 4 is 16.9 Å². The van der Waals surface area contributed by atoms with Crippen LogP contribution in [-0.4, -0.2) is 15.6 Å². The Bertz CT molecular complexity index is 870. The fourth-order valence-electron chi connectivity index (χ4n) is 2.60. The van der Waals surface area contributed by atoms with E-state index in [2.05, 4.69) is 0 Å². The van der Waals surface area contributed by atoms with Gasteiger partial charge in [-0.05, 0) is 31.2 Å². The average molecular weight is 313 g/mol. The Kier molecular flexibility index (Phi) is 4.02. The molecule has 0 saturated carbocycles. The Hall–Kier alpha value is -2.82. The lowest BCUT2D eigenvalue weighted by atomic mass is 10.1. The van der Waals surface area contributed by atoms with Crippen LogP contribution in [-0.2, 0) is 13.2 Å². The summed E-state index contributed by atoms with van der Waals surface area (Å²) in [6, 6.07) is 11.0. The van der Waals surface area contributed by atoms with E-state index >= 15 is 0 Å². The summed E-state index contributed by atoms with van der Waals surface area (Å²) in [5.74, 6) is -0.831. The van der Waals surface area contributed by atoms with E-state index in [-0.39, 0.29) is 11.4 Å².